The second-order valence-electron chi connectivity index (χ2n) is 6.83. The summed E-state index contributed by atoms with van der Waals surface area (Å²) < 4.78 is 43.1. The van der Waals surface area contributed by atoms with E-state index in [0.717, 1.165) is 17.2 Å². The fraction of sp³-hybridized carbons (Fsp3) is 0.500. The second kappa shape index (κ2) is 7.92. The first-order valence-corrected chi connectivity index (χ1v) is 9.24. The van der Waals surface area contributed by atoms with Gasteiger partial charge < -0.3 is 15.2 Å². The van der Waals surface area contributed by atoms with Gasteiger partial charge in [0.05, 0.1) is 5.60 Å². The number of aliphatic hydroxyl groups is 1. The molecule has 2 unspecified atom stereocenters. The monoisotopic (exact) mass is 389 g/mol. The number of alkyl halides is 3. The average Bonchev–Trinajstić information content (AvgIpc) is 2.53. The molecule has 0 saturated carbocycles. The van der Waals surface area contributed by atoms with Gasteiger partial charge in [-0.05, 0) is 25.3 Å². The summed E-state index contributed by atoms with van der Waals surface area (Å²) in [6, 6.07) is 6.72. The van der Waals surface area contributed by atoms with Crippen LogP contribution in [0.3, 0.4) is 0 Å². The van der Waals surface area contributed by atoms with Crippen LogP contribution >= 0.6 is 11.8 Å². The number of carbonyl (C=O) groups excluding carboxylic acids is 1. The van der Waals surface area contributed by atoms with E-state index in [1.165, 1.54) is 0 Å². The number of anilines is 1. The van der Waals surface area contributed by atoms with E-state index in [-0.39, 0.29) is 11.7 Å². The lowest BCUT2D eigenvalue weighted by Gasteiger charge is -2.29. The molecule has 2 N–H and O–H groups in total. The number of halogens is 3. The molecule has 0 bridgehead atoms. The second-order valence-corrected chi connectivity index (χ2v) is 7.73. The average molecular weight is 389 g/mol. The third-order valence-electron chi connectivity index (χ3n) is 3.85. The van der Waals surface area contributed by atoms with Crippen molar-refractivity contribution in [3.63, 3.8) is 0 Å². The molecule has 1 aliphatic heterocycles. The van der Waals surface area contributed by atoms with Gasteiger partial charge in [-0.3, -0.25) is 4.79 Å². The molecule has 0 saturated heterocycles. The molecule has 0 aliphatic carbocycles. The topological polar surface area (TPSA) is 58.6 Å². The Balaban J connectivity index is 2.17. The van der Waals surface area contributed by atoms with E-state index in [1.54, 1.807) is 31.2 Å². The molecule has 0 radical (unpaired) electrons. The number of allylic oxidation sites excluding steroid dienone is 1. The molecule has 1 aromatic carbocycles. The van der Waals surface area contributed by atoms with E-state index in [1.807, 2.05) is 13.8 Å². The van der Waals surface area contributed by atoms with E-state index in [2.05, 4.69) is 5.32 Å². The summed E-state index contributed by atoms with van der Waals surface area (Å²) in [6.45, 7) is 5.58. The molecule has 1 aliphatic rings. The van der Waals surface area contributed by atoms with Crippen molar-refractivity contribution in [3.8, 4) is 0 Å². The van der Waals surface area contributed by atoms with E-state index in [9.17, 15) is 23.1 Å². The quantitative estimate of drug-likeness (QED) is 0.783. The molecule has 4 nitrogen and oxygen atoms in total. The van der Waals surface area contributed by atoms with E-state index >= 15 is 0 Å². The van der Waals surface area contributed by atoms with E-state index in [4.69, 9.17) is 4.74 Å². The summed E-state index contributed by atoms with van der Waals surface area (Å²) in [6.07, 6.45) is -5.42. The van der Waals surface area contributed by atoms with Crippen LogP contribution in [0.15, 0.2) is 35.4 Å². The van der Waals surface area contributed by atoms with Crippen molar-refractivity contribution in [2.75, 3.05) is 11.1 Å². The number of rotatable bonds is 5. The summed E-state index contributed by atoms with van der Waals surface area (Å²) in [5.74, 6) is -1.56. The van der Waals surface area contributed by atoms with Gasteiger partial charge in [-0.25, -0.2) is 0 Å². The first kappa shape index (κ1) is 20.6. The minimum atomic E-state index is -4.63. The predicted octanol–water partition coefficient (Wildman–Crippen LogP) is 4.41. The summed E-state index contributed by atoms with van der Waals surface area (Å²) in [4.78, 5) is 12.4. The van der Waals surface area contributed by atoms with Gasteiger partial charge >= 0.3 is 6.18 Å². The zero-order valence-electron chi connectivity index (χ0n) is 14.8. The van der Waals surface area contributed by atoms with Gasteiger partial charge in [-0.2, -0.15) is 13.2 Å². The number of hydrogen-bond donors (Lipinski definition) is 2. The molecule has 1 aromatic rings. The van der Waals surface area contributed by atoms with Crippen molar-refractivity contribution >= 4 is 23.4 Å². The number of hydrogen-bond acceptors (Lipinski definition) is 4. The Labute approximate surface area is 154 Å². The van der Waals surface area contributed by atoms with Crippen molar-refractivity contribution in [2.24, 2.45) is 5.92 Å². The van der Waals surface area contributed by atoms with Crippen LogP contribution in [0.2, 0.25) is 0 Å². The van der Waals surface area contributed by atoms with Crippen LogP contribution in [0.4, 0.5) is 18.9 Å². The number of carbonyl (C=O) groups is 1. The molecule has 26 heavy (non-hydrogen) atoms. The van der Waals surface area contributed by atoms with Crippen molar-refractivity contribution in [3.05, 3.63) is 41.0 Å². The number of nitrogens with one attached hydrogen (secondary N) is 1. The number of thioether (sulfide) groups is 1. The summed E-state index contributed by atoms with van der Waals surface area (Å²) in [5, 5.41) is 14.2. The summed E-state index contributed by atoms with van der Waals surface area (Å²) >= 11 is 0.878. The van der Waals surface area contributed by atoms with Crippen LogP contribution in [-0.2, 0) is 15.1 Å². The van der Waals surface area contributed by atoms with Gasteiger partial charge in [0, 0.05) is 22.4 Å². The fourth-order valence-electron chi connectivity index (χ4n) is 2.87. The zero-order valence-corrected chi connectivity index (χ0v) is 15.6. The Kier molecular flexibility index (Phi) is 6.29. The minimum Gasteiger partial charge on any atom is -0.474 e. The first-order valence-electron chi connectivity index (χ1n) is 8.19. The van der Waals surface area contributed by atoms with Crippen LogP contribution in [0.5, 0.6) is 0 Å². The standard InChI is InChI=1S/C18H22F3NO3S/c1-11(2)8-17(3,24)12-6-4-5-7-13(12)22-16(23)14-9-26-10-15(25-14)18(19,20)21/h4-7,10-11,14,24H,8-9H2,1-3H3,(H,22,23). The maximum atomic E-state index is 12.8. The summed E-state index contributed by atoms with van der Waals surface area (Å²) in [7, 11) is 0. The van der Waals surface area contributed by atoms with Gasteiger partial charge in [-0.1, -0.05) is 32.0 Å². The third kappa shape index (κ3) is 5.17. The molecule has 0 spiro atoms. The Morgan fingerprint density at radius 3 is 2.65 bits per heavy atom. The molecule has 0 fully saturated rings. The molecule has 2 atom stereocenters. The molecule has 8 heteroatoms. The minimum absolute atomic E-state index is 0.0793. The van der Waals surface area contributed by atoms with Crippen LogP contribution in [0, 0.1) is 5.92 Å². The van der Waals surface area contributed by atoms with Crippen LogP contribution in [0.1, 0.15) is 32.8 Å². The zero-order chi connectivity index (χ0) is 19.5. The maximum Gasteiger partial charge on any atom is 0.449 e. The van der Waals surface area contributed by atoms with Gasteiger partial charge in [0.25, 0.3) is 5.91 Å². The fourth-order valence-corrected chi connectivity index (χ4v) is 3.70. The van der Waals surface area contributed by atoms with Crippen molar-refractivity contribution in [1.29, 1.82) is 0 Å². The molecule has 0 aromatic heterocycles. The lowest BCUT2D eigenvalue weighted by atomic mass is 9.86. The molecular formula is C18H22F3NO3S. The van der Waals surface area contributed by atoms with Crippen LogP contribution < -0.4 is 5.32 Å². The van der Waals surface area contributed by atoms with Gasteiger partial charge in [0.1, 0.15) is 0 Å². The maximum absolute atomic E-state index is 12.8. The number of amides is 1. The van der Waals surface area contributed by atoms with Gasteiger partial charge in [-0.15, -0.1) is 11.8 Å². The Morgan fingerprint density at radius 1 is 1.38 bits per heavy atom. The van der Waals surface area contributed by atoms with E-state index in [0.29, 0.717) is 17.7 Å². The largest absolute Gasteiger partial charge is 0.474 e. The number of ether oxygens (including phenoxy) is 1. The van der Waals surface area contributed by atoms with Gasteiger partial charge in [0.2, 0.25) is 5.76 Å². The Bertz CT molecular complexity index is 687. The highest BCUT2D eigenvalue weighted by Gasteiger charge is 2.41. The van der Waals surface area contributed by atoms with Crippen molar-refractivity contribution in [2.45, 2.75) is 45.1 Å². The normalized spacial score (nSPS) is 20.2. The first-order chi connectivity index (χ1) is 12.0. The highest BCUT2D eigenvalue weighted by atomic mass is 32.2. The van der Waals surface area contributed by atoms with Gasteiger partial charge in [0.15, 0.2) is 6.10 Å². The molecule has 1 heterocycles. The molecule has 144 valence electrons. The lowest BCUT2D eigenvalue weighted by Crippen LogP contribution is -2.37. The highest BCUT2D eigenvalue weighted by Crippen LogP contribution is 2.35. The van der Waals surface area contributed by atoms with Crippen LogP contribution in [0.25, 0.3) is 0 Å². The highest BCUT2D eigenvalue weighted by molar-refractivity contribution is 8.02. The predicted molar refractivity (Wildman–Crippen MR) is 95.6 cm³/mol. The Morgan fingerprint density at radius 2 is 2.04 bits per heavy atom. The number of para-hydroxylation sites is 1. The number of benzene rings is 1. The molecule has 2 rings (SSSR count). The summed E-state index contributed by atoms with van der Waals surface area (Å²) in [5.41, 5.74) is -0.311. The lowest BCUT2D eigenvalue weighted by molar-refractivity contribution is -0.146. The van der Waals surface area contributed by atoms with Crippen LogP contribution in [-0.4, -0.2) is 29.0 Å². The third-order valence-corrected chi connectivity index (χ3v) is 4.73. The van der Waals surface area contributed by atoms with Crippen molar-refractivity contribution in [1.82, 2.24) is 0 Å². The molecule has 1 amide bonds. The van der Waals surface area contributed by atoms with Crippen molar-refractivity contribution < 1.29 is 27.8 Å². The van der Waals surface area contributed by atoms with E-state index < -0.39 is 29.5 Å². The SMILES string of the molecule is CC(C)CC(C)(O)c1ccccc1NC(=O)C1CSC=C(C(F)(F)F)O1. The Hall–Kier alpha value is -1.67. The smallest absolute Gasteiger partial charge is 0.449 e. The molecular weight excluding hydrogens is 367 g/mol.